The lowest BCUT2D eigenvalue weighted by Crippen LogP contribution is -2.04. The molecule has 0 saturated carbocycles. The molecule has 0 spiro atoms. The van der Waals surface area contributed by atoms with Gasteiger partial charge < -0.3 is 0 Å². The van der Waals surface area contributed by atoms with Crippen LogP contribution in [0.5, 0.6) is 0 Å². The minimum absolute atomic E-state index is 3.10. The topological polar surface area (TPSA) is 34.1 Å². The van der Waals surface area contributed by atoms with Gasteiger partial charge in [-0.25, -0.2) is 8.42 Å². The fourth-order valence-corrected chi connectivity index (χ4v) is 0. The fourth-order valence-electron chi connectivity index (χ4n) is 0. The molecule has 6 heteroatoms. The molecule has 0 aromatic carbocycles. The molecule has 0 saturated heterocycles. The molecule has 0 aromatic rings. The van der Waals surface area contributed by atoms with Crippen molar-refractivity contribution in [2.75, 3.05) is 0 Å². The zero-order valence-corrected chi connectivity index (χ0v) is 5.30. The number of halogens is 3. The highest BCUT2D eigenvalue weighted by atomic mass is 35.5. The number of hydrogen-bond acceptors (Lipinski definition) is 2. The number of thiol groups is 1. The average Bonchev–Trinajstić information content (AvgIpc) is 1.31. The van der Waals surface area contributed by atoms with Gasteiger partial charge in [0.05, 0.1) is 0 Å². The van der Waals surface area contributed by atoms with E-state index in [2.05, 4.69) is 23.2 Å². The lowest BCUT2D eigenvalue weighted by Gasteiger charge is -1.93. The summed E-state index contributed by atoms with van der Waals surface area (Å²) < 4.78 is 27.2. The third-order valence-corrected chi connectivity index (χ3v) is 1.45. The molecule has 0 aliphatic heterocycles. The van der Waals surface area contributed by atoms with Gasteiger partial charge in [-0.15, -0.1) is 0 Å². The molecule has 0 heterocycles. The van der Waals surface area contributed by atoms with Crippen LogP contribution in [0.25, 0.3) is 0 Å². The van der Waals surface area contributed by atoms with E-state index in [9.17, 15) is 12.8 Å². The first-order valence-electron chi connectivity index (χ1n) is 1.16. The normalized spacial score (nSPS) is 12.6. The zero-order valence-electron chi connectivity index (χ0n) is 2.90. The van der Waals surface area contributed by atoms with E-state index in [1.807, 2.05) is 0 Å². The van der Waals surface area contributed by atoms with Gasteiger partial charge in [0.25, 0.3) is 0 Å². The second kappa shape index (κ2) is 2.15. The summed E-state index contributed by atoms with van der Waals surface area (Å²) in [7, 11) is -3.38. The van der Waals surface area contributed by atoms with Crippen LogP contribution >= 0.6 is 23.2 Å². The minimum Gasteiger partial charge on any atom is -0.226 e. The van der Waals surface area contributed by atoms with Crippen LogP contribution in [0.3, 0.4) is 0 Å². The van der Waals surface area contributed by atoms with Crippen LogP contribution in [0.1, 0.15) is 0 Å². The number of alkyl halides is 3. The summed E-state index contributed by atoms with van der Waals surface area (Å²) in [5, 5.41) is 0. The maximum absolute atomic E-state index is 11.4. The molecule has 0 N–H and O–H groups in total. The zero-order chi connectivity index (χ0) is 6.08. The Kier molecular flexibility index (Phi) is 2.29. The van der Waals surface area contributed by atoms with Crippen molar-refractivity contribution in [2.24, 2.45) is 0 Å². The summed E-state index contributed by atoms with van der Waals surface area (Å²) >= 11 is 8.74. The van der Waals surface area contributed by atoms with Crippen molar-refractivity contribution >= 4 is 33.9 Å². The molecule has 0 fully saturated rings. The fraction of sp³-hybridized carbons (Fsp3) is 1.00. The third kappa shape index (κ3) is 3.08. The van der Waals surface area contributed by atoms with Gasteiger partial charge in [0, 0.05) is 0 Å². The SMILES string of the molecule is O=[SH](=O)C(F)(Cl)Cl. The quantitative estimate of drug-likeness (QED) is 0.459. The largest absolute Gasteiger partial charge is 0.355 e. The lowest BCUT2D eigenvalue weighted by molar-refractivity contribution is 0.481. The van der Waals surface area contributed by atoms with Gasteiger partial charge >= 0.3 is 3.92 Å². The standard InChI is InChI=1S/CHCl2FO2S/c2-1(3,4)7(5)6/h7H. The lowest BCUT2D eigenvalue weighted by atomic mass is 11.7. The van der Waals surface area contributed by atoms with Gasteiger partial charge in [-0.1, -0.05) is 0 Å². The van der Waals surface area contributed by atoms with E-state index in [-0.39, 0.29) is 0 Å². The molecule has 0 radical (unpaired) electrons. The first kappa shape index (κ1) is 7.46. The van der Waals surface area contributed by atoms with Crippen LogP contribution in [0.4, 0.5) is 4.39 Å². The van der Waals surface area contributed by atoms with Crippen LogP contribution in [-0.2, 0) is 10.7 Å². The predicted molar refractivity (Wildman–Crippen MR) is 25.9 cm³/mol. The molecule has 44 valence electrons. The Morgan fingerprint density at radius 3 is 1.57 bits per heavy atom. The molecule has 0 rings (SSSR count). The second-order valence-electron chi connectivity index (χ2n) is 0.725. The number of rotatable bonds is 1. The molecular weight excluding hydrogens is 166 g/mol. The molecule has 2 nitrogen and oxygen atoms in total. The Labute approximate surface area is 51.2 Å². The van der Waals surface area contributed by atoms with Gasteiger partial charge in [-0.2, -0.15) is 4.39 Å². The van der Waals surface area contributed by atoms with Crippen LogP contribution in [-0.4, -0.2) is 12.3 Å². The van der Waals surface area contributed by atoms with E-state index in [1.54, 1.807) is 0 Å². The summed E-state index contributed by atoms with van der Waals surface area (Å²) in [4.78, 5) is 0. The highest BCUT2D eigenvalue weighted by Crippen LogP contribution is 2.22. The Morgan fingerprint density at radius 1 is 1.43 bits per heavy atom. The monoisotopic (exact) mass is 166 g/mol. The van der Waals surface area contributed by atoms with Crippen LogP contribution in [0, 0.1) is 0 Å². The van der Waals surface area contributed by atoms with Crippen molar-refractivity contribution in [1.29, 1.82) is 0 Å². The van der Waals surface area contributed by atoms with E-state index < -0.39 is 14.6 Å². The van der Waals surface area contributed by atoms with Gasteiger partial charge in [-0.3, -0.25) is 0 Å². The summed E-state index contributed by atoms with van der Waals surface area (Å²) in [6, 6.07) is 0. The molecule has 0 aliphatic rings. The molecule has 0 atom stereocenters. The maximum Gasteiger partial charge on any atom is 0.355 e. The molecule has 0 aliphatic carbocycles. The average molecular weight is 167 g/mol. The summed E-state index contributed by atoms with van der Waals surface area (Å²) in [5.74, 6) is 0. The molecule has 0 bridgehead atoms. The van der Waals surface area contributed by atoms with Crippen molar-refractivity contribution < 1.29 is 12.8 Å². The van der Waals surface area contributed by atoms with E-state index in [0.717, 1.165) is 0 Å². The van der Waals surface area contributed by atoms with E-state index >= 15 is 0 Å². The van der Waals surface area contributed by atoms with Crippen molar-refractivity contribution in [1.82, 2.24) is 0 Å². The minimum atomic E-state index is -3.38. The Balaban J connectivity index is 4.08. The predicted octanol–water partition coefficient (Wildman–Crippen LogP) is 0.656. The van der Waals surface area contributed by atoms with Crippen molar-refractivity contribution in [3.8, 4) is 0 Å². The highest BCUT2D eigenvalue weighted by Gasteiger charge is 2.25. The van der Waals surface area contributed by atoms with Gasteiger partial charge in [0.2, 0.25) is 10.7 Å². The second-order valence-corrected chi connectivity index (χ2v) is 3.62. The molecule has 0 unspecified atom stereocenters. The summed E-state index contributed by atoms with van der Waals surface area (Å²) in [6.45, 7) is 0. The van der Waals surface area contributed by atoms with Crippen LogP contribution in [0.2, 0.25) is 0 Å². The van der Waals surface area contributed by atoms with Crippen molar-refractivity contribution in [3.63, 3.8) is 0 Å². The smallest absolute Gasteiger partial charge is 0.226 e. The summed E-state index contributed by atoms with van der Waals surface area (Å²) in [5.41, 5.74) is 0. The molecule has 7 heavy (non-hydrogen) atoms. The summed E-state index contributed by atoms with van der Waals surface area (Å²) in [6.07, 6.45) is 0. The Morgan fingerprint density at radius 2 is 1.57 bits per heavy atom. The molecule has 0 aromatic heterocycles. The van der Waals surface area contributed by atoms with E-state index in [4.69, 9.17) is 0 Å². The molecular formula is CHCl2FO2S. The van der Waals surface area contributed by atoms with Gasteiger partial charge in [0.1, 0.15) is 0 Å². The maximum atomic E-state index is 11.4. The number of hydrogen-bond donors (Lipinski definition) is 1. The Bertz CT molecular complexity index is 116. The first-order chi connectivity index (χ1) is 2.94. The first-order valence-corrected chi connectivity index (χ1v) is 3.09. The highest BCUT2D eigenvalue weighted by molar-refractivity contribution is 7.77. The van der Waals surface area contributed by atoms with Gasteiger partial charge in [0.15, 0.2) is 0 Å². The third-order valence-electron chi connectivity index (χ3n) is 0.207. The van der Waals surface area contributed by atoms with Crippen LogP contribution in [0.15, 0.2) is 0 Å². The van der Waals surface area contributed by atoms with Crippen molar-refractivity contribution in [3.05, 3.63) is 0 Å². The van der Waals surface area contributed by atoms with Gasteiger partial charge in [-0.05, 0) is 23.2 Å². The van der Waals surface area contributed by atoms with E-state index in [1.165, 1.54) is 0 Å². The molecule has 0 amide bonds. The van der Waals surface area contributed by atoms with E-state index in [0.29, 0.717) is 0 Å². The van der Waals surface area contributed by atoms with Crippen LogP contribution < -0.4 is 0 Å². The van der Waals surface area contributed by atoms with Crippen molar-refractivity contribution in [2.45, 2.75) is 3.92 Å². The Hall–Kier alpha value is 0.460.